The molecule has 0 aromatic heterocycles. The highest BCUT2D eigenvalue weighted by atomic mass is 16.6. The Labute approximate surface area is 437 Å². The summed E-state index contributed by atoms with van der Waals surface area (Å²) in [6.07, 6.45) is 40.5. The maximum absolute atomic E-state index is 11.4. The Morgan fingerprint density at radius 1 is 0.417 bits per heavy atom. The number of esters is 2. The van der Waals surface area contributed by atoms with Gasteiger partial charge in [0.25, 0.3) is 0 Å². The van der Waals surface area contributed by atoms with E-state index in [-0.39, 0.29) is 49.1 Å². The number of carboxylic acids is 1. The van der Waals surface area contributed by atoms with Crippen LogP contribution in [-0.2, 0) is 38.1 Å². The third-order valence-electron chi connectivity index (χ3n) is 14.2. The van der Waals surface area contributed by atoms with E-state index in [0.29, 0.717) is 43.7 Å². The second-order valence-electron chi connectivity index (χ2n) is 21.3. The molecule has 3 fully saturated rings. The number of aliphatic carboxylic acids is 1. The number of unbranched alkanes of at least 4 members (excludes halogenated alkanes) is 21. The third kappa shape index (κ3) is 42.3. The molecule has 0 radical (unpaired) electrons. The van der Waals surface area contributed by atoms with Crippen LogP contribution in [-0.4, -0.2) is 130 Å². The van der Waals surface area contributed by atoms with Crippen LogP contribution in [0, 0.1) is 0 Å². The van der Waals surface area contributed by atoms with Gasteiger partial charge in [0.1, 0.15) is 12.7 Å². The molecule has 14 nitrogen and oxygen atoms in total. The summed E-state index contributed by atoms with van der Waals surface area (Å²) in [6.45, 7) is 6.07. The van der Waals surface area contributed by atoms with Gasteiger partial charge in [-0.3, -0.25) is 14.4 Å². The molecule has 10 atom stereocenters. The normalized spacial score (nSPS) is 21.3. The maximum atomic E-state index is 11.4. The molecule has 0 aromatic rings. The topological polar surface area (TPSA) is 229 Å². The van der Waals surface area contributed by atoms with Gasteiger partial charge in [0.05, 0.1) is 68.7 Å². The molecule has 3 heterocycles. The van der Waals surface area contributed by atoms with Crippen molar-refractivity contribution in [2.24, 2.45) is 0 Å². The van der Waals surface area contributed by atoms with Gasteiger partial charge in [0, 0.05) is 38.5 Å². The molecule has 72 heavy (non-hydrogen) atoms. The number of aliphatic hydroxyl groups is 5. The number of methoxy groups -OCH3 is 1. The summed E-state index contributed by atoms with van der Waals surface area (Å²) in [5, 5.41) is 56.3. The standard InChI is InChI=1S/C21H40O6.C19H36O4.C18H34O4/c1-2-3-4-8-11-17(23)14-20-19(27-20)12-9-6-5-7-10-13-21(25)26-16-18(24)15-22;1-3-4-5-9-12-16(20)15-18-17(23-18)13-10-7-6-8-11-14-19(21)22-2;1-2-3-4-8-11-15(19)14-17-16(22-17)12-9-6-5-7-10-13-18(20)21/h17-20,22-24H,2-16H2,1H3;16-18,20H,3-15H2,1-2H3;15-17,19H,2-14H2,1H3,(H,20,21). The highest BCUT2D eigenvalue weighted by molar-refractivity contribution is 5.69. The maximum Gasteiger partial charge on any atom is 0.305 e. The molecule has 10 unspecified atom stereocenters. The number of carbonyl (C=O) groups is 3. The first kappa shape index (κ1) is 68.1. The number of hydrogen-bond acceptors (Lipinski definition) is 13. The van der Waals surface area contributed by atoms with Gasteiger partial charge in [-0.25, -0.2) is 0 Å². The molecule has 3 saturated heterocycles. The van der Waals surface area contributed by atoms with Crippen LogP contribution in [0.15, 0.2) is 0 Å². The largest absolute Gasteiger partial charge is 0.481 e. The molecule has 0 saturated carbocycles. The number of carboxylic acid groups (broad SMARTS) is 1. The zero-order chi connectivity index (χ0) is 53.0. The number of aliphatic hydroxyl groups excluding tert-OH is 5. The first-order valence-electron chi connectivity index (χ1n) is 29.6. The molecule has 426 valence electrons. The van der Waals surface area contributed by atoms with Crippen molar-refractivity contribution in [3.05, 3.63) is 0 Å². The Hall–Kier alpha value is -1.91. The van der Waals surface area contributed by atoms with Crippen molar-refractivity contribution in [2.45, 2.75) is 332 Å². The van der Waals surface area contributed by atoms with Crippen molar-refractivity contribution in [3.63, 3.8) is 0 Å². The average molecular weight is 1030 g/mol. The summed E-state index contributed by atoms with van der Waals surface area (Å²) in [7, 11) is 1.44. The van der Waals surface area contributed by atoms with Crippen molar-refractivity contribution < 1.29 is 68.7 Å². The third-order valence-corrected chi connectivity index (χ3v) is 14.2. The van der Waals surface area contributed by atoms with Crippen LogP contribution < -0.4 is 0 Å². The Bertz CT molecular complexity index is 1270. The van der Waals surface area contributed by atoms with Gasteiger partial charge in [-0.05, 0) is 57.8 Å². The lowest BCUT2D eigenvalue weighted by molar-refractivity contribution is -0.147. The van der Waals surface area contributed by atoms with Crippen LogP contribution in [0.1, 0.15) is 271 Å². The molecule has 3 aliphatic heterocycles. The molecule has 6 N–H and O–H groups in total. The van der Waals surface area contributed by atoms with Gasteiger partial charge in [-0.15, -0.1) is 0 Å². The quantitative estimate of drug-likeness (QED) is 0.0189. The Morgan fingerprint density at radius 3 is 1.07 bits per heavy atom. The van der Waals surface area contributed by atoms with Crippen LogP contribution in [0.25, 0.3) is 0 Å². The van der Waals surface area contributed by atoms with E-state index in [1.165, 1.54) is 84.2 Å². The first-order valence-corrected chi connectivity index (χ1v) is 29.6. The highest BCUT2D eigenvalue weighted by Crippen LogP contribution is 2.34. The van der Waals surface area contributed by atoms with E-state index in [4.69, 9.17) is 34.3 Å². The second-order valence-corrected chi connectivity index (χ2v) is 21.3. The molecule has 0 amide bonds. The van der Waals surface area contributed by atoms with Gasteiger partial charge in [-0.2, -0.15) is 0 Å². The van der Waals surface area contributed by atoms with E-state index in [1.54, 1.807) is 0 Å². The molecule has 3 rings (SSSR count). The smallest absolute Gasteiger partial charge is 0.305 e. The van der Waals surface area contributed by atoms with Crippen molar-refractivity contribution in [2.75, 3.05) is 20.3 Å². The Balaban J connectivity index is 0.000000543. The number of ether oxygens (including phenoxy) is 5. The average Bonchev–Trinajstić information content (AvgIpc) is 4.32. The zero-order valence-electron chi connectivity index (χ0n) is 46.2. The van der Waals surface area contributed by atoms with Gasteiger partial charge < -0.3 is 54.3 Å². The van der Waals surface area contributed by atoms with E-state index < -0.39 is 18.7 Å². The van der Waals surface area contributed by atoms with Crippen molar-refractivity contribution in [1.82, 2.24) is 0 Å². The van der Waals surface area contributed by atoms with Gasteiger partial charge in [0.15, 0.2) is 0 Å². The summed E-state index contributed by atoms with van der Waals surface area (Å²) in [6, 6.07) is 0. The van der Waals surface area contributed by atoms with E-state index in [0.717, 1.165) is 154 Å². The predicted octanol–water partition coefficient (Wildman–Crippen LogP) is 11.8. The van der Waals surface area contributed by atoms with Crippen LogP contribution in [0.4, 0.5) is 0 Å². The molecular weight excluding hydrogens is 921 g/mol. The summed E-state index contributed by atoms with van der Waals surface area (Å²) < 4.78 is 26.5. The number of rotatable bonds is 48. The molecule has 0 bridgehead atoms. The summed E-state index contributed by atoms with van der Waals surface area (Å²) >= 11 is 0. The minimum atomic E-state index is -0.982. The SMILES string of the molecule is CCCCCCC(O)CC1OC1CCCCCCCC(=O)O.CCCCCCC(O)CC1OC1CCCCCCCC(=O)OC.CCCCCCC(O)CC1OC1CCCCCCCC(=O)OCC(O)CO. The number of hydrogen-bond donors (Lipinski definition) is 6. The molecule has 14 heteroatoms. The molecule has 0 aliphatic carbocycles. The fraction of sp³-hybridized carbons (Fsp3) is 0.948. The van der Waals surface area contributed by atoms with E-state index in [9.17, 15) is 29.7 Å². The number of epoxide rings is 3. The Kier molecular flexibility index (Phi) is 43.9. The second kappa shape index (κ2) is 46.4. The lowest BCUT2D eigenvalue weighted by atomic mass is 10.0. The minimum Gasteiger partial charge on any atom is -0.481 e. The van der Waals surface area contributed by atoms with Crippen LogP contribution >= 0.6 is 0 Å². The predicted molar refractivity (Wildman–Crippen MR) is 285 cm³/mol. The van der Waals surface area contributed by atoms with Gasteiger partial charge >= 0.3 is 17.9 Å². The van der Waals surface area contributed by atoms with Crippen LogP contribution in [0.3, 0.4) is 0 Å². The van der Waals surface area contributed by atoms with Crippen LogP contribution in [0.5, 0.6) is 0 Å². The van der Waals surface area contributed by atoms with Crippen LogP contribution in [0.2, 0.25) is 0 Å². The van der Waals surface area contributed by atoms with E-state index >= 15 is 0 Å². The fourth-order valence-corrected chi connectivity index (χ4v) is 9.36. The van der Waals surface area contributed by atoms with Crippen molar-refractivity contribution in [3.8, 4) is 0 Å². The zero-order valence-corrected chi connectivity index (χ0v) is 46.2. The molecular formula is C58H110O14. The molecule has 3 aliphatic rings. The highest BCUT2D eigenvalue weighted by Gasteiger charge is 2.40. The Morgan fingerprint density at radius 2 is 0.736 bits per heavy atom. The van der Waals surface area contributed by atoms with Crippen molar-refractivity contribution >= 4 is 17.9 Å². The molecule has 0 aromatic carbocycles. The van der Waals surface area contributed by atoms with Gasteiger partial charge in [-0.1, -0.05) is 175 Å². The summed E-state index contributed by atoms with van der Waals surface area (Å²) in [4.78, 5) is 32.8. The molecule has 0 spiro atoms. The summed E-state index contributed by atoms with van der Waals surface area (Å²) in [5.74, 6) is -1.11. The van der Waals surface area contributed by atoms with E-state index in [2.05, 4.69) is 25.5 Å². The minimum absolute atomic E-state index is 0.104. The van der Waals surface area contributed by atoms with Gasteiger partial charge in [0.2, 0.25) is 0 Å². The lowest BCUT2D eigenvalue weighted by Crippen LogP contribution is -2.21. The fourth-order valence-electron chi connectivity index (χ4n) is 9.36. The van der Waals surface area contributed by atoms with Crippen molar-refractivity contribution in [1.29, 1.82) is 0 Å². The summed E-state index contributed by atoms with van der Waals surface area (Å²) in [5.41, 5.74) is 0. The first-order chi connectivity index (χ1) is 34.9. The number of carbonyl (C=O) groups excluding carboxylic acids is 2. The lowest BCUT2D eigenvalue weighted by Gasteiger charge is -2.08. The van der Waals surface area contributed by atoms with E-state index in [1.807, 2.05) is 0 Å². The monoisotopic (exact) mass is 1030 g/mol.